The lowest BCUT2D eigenvalue weighted by Crippen LogP contribution is -2.15. The van der Waals surface area contributed by atoms with Crippen LogP contribution in [0.1, 0.15) is 6.42 Å². The van der Waals surface area contributed by atoms with Crippen molar-refractivity contribution in [2.45, 2.75) is 6.42 Å². The molecule has 3 rings (SSSR count). The molecule has 23 heavy (non-hydrogen) atoms. The van der Waals surface area contributed by atoms with E-state index in [4.69, 9.17) is 25.8 Å². The Kier molecular flexibility index (Phi) is 4.52. The highest BCUT2D eigenvalue weighted by Crippen LogP contribution is 2.34. The van der Waals surface area contributed by atoms with Crippen LogP contribution in [0.15, 0.2) is 36.4 Å². The van der Waals surface area contributed by atoms with Crippen molar-refractivity contribution >= 4 is 23.2 Å². The van der Waals surface area contributed by atoms with Crippen LogP contribution in [-0.2, 0) is 4.79 Å². The van der Waals surface area contributed by atoms with Crippen molar-refractivity contribution in [3.05, 3.63) is 47.2 Å². The van der Waals surface area contributed by atoms with Gasteiger partial charge in [-0.25, -0.2) is 4.39 Å². The van der Waals surface area contributed by atoms with Crippen LogP contribution in [0.2, 0.25) is 5.02 Å². The summed E-state index contributed by atoms with van der Waals surface area (Å²) in [5.41, 5.74) is 0.610. The molecule has 1 N–H and O–H groups in total. The van der Waals surface area contributed by atoms with Crippen LogP contribution in [0.3, 0.4) is 0 Å². The standard InChI is InChI=1S/C16H13ClFNO4/c17-12-7-10(18)1-3-13(12)21-6-5-16(20)19-11-2-4-14-15(8-11)23-9-22-14/h1-4,7-8H,5-6,9H2,(H,19,20). The first kappa shape index (κ1) is 15.4. The first-order valence-corrected chi connectivity index (χ1v) is 7.27. The maximum Gasteiger partial charge on any atom is 0.231 e. The smallest absolute Gasteiger partial charge is 0.231 e. The van der Waals surface area contributed by atoms with Gasteiger partial charge < -0.3 is 19.5 Å². The van der Waals surface area contributed by atoms with E-state index < -0.39 is 5.82 Å². The van der Waals surface area contributed by atoms with E-state index in [1.165, 1.54) is 12.1 Å². The van der Waals surface area contributed by atoms with Gasteiger partial charge in [-0.1, -0.05) is 11.6 Å². The van der Waals surface area contributed by atoms with Crippen LogP contribution in [-0.4, -0.2) is 19.3 Å². The highest BCUT2D eigenvalue weighted by atomic mass is 35.5. The van der Waals surface area contributed by atoms with Crippen LogP contribution in [0.5, 0.6) is 17.2 Å². The Morgan fingerprint density at radius 3 is 2.87 bits per heavy atom. The van der Waals surface area contributed by atoms with Gasteiger partial charge in [0.05, 0.1) is 18.1 Å². The molecule has 0 spiro atoms. The van der Waals surface area contributed by atoms with Crippen LogP contribution < -0.4 is 19.5 Å². The molecule has 0 aliphatic carbocycles. The van der Waals surface area contributed by atoms with Gasteiger partial charge >= 0.3 is 0 Å². The number of fused-ring (bicyclic) bond motifs is 1. The van der Waals surface area contributed by atoms with E-state index in [2.05, 4.69) is 5.32 Å². The lowest BCUT2D eigenvalue weighted by atomic mass is 10.2. The van der Waals surface area contributed by atoms with Gasteiger partial charge in [-0.2, -0.15) is 0 Å². The second-order valence-electron chi connectivity index (χ2n) is 4.79. The molecule has 0 bridgehead atoms. The van der Waals surface area contributed by atoms with Crippen molar-refractivity contribution < 1.29 is 23.4 Å². The fourth-order valence-corrected chi connectivity index (χ4v) is 2.27. The van der Waals surface area contributed by atoms with E-state index >= 15 is 0 Å². The number of ether oxygens (including phenoxy) is 3. The molecule has 5 nitrogen and oxygen atoms in total. The summed E-state index contributed by atoms with van der Waals surface area (Å²) in [4.78, 5) is 11.9. The van der Waals surface area contributed by atoms with Crippen molar-refractivity contribution in [3.63, 3.8) is 0 Å². The van der Waals surface area contributed by atoms with E-state index in [9.17, 15) is 9.18 Å². The van der Waals surface area contributed by atoms with Crippen molar-refractivity contribution in [3.8, 4) is 17.2 Å². The summed E-state index contributed by atoms with van der Waals surface area (Å²) in [7, 11) is 0. The average Bonchev–Trinajstić information content (AvgIpc) is 2.97. The van der Waals surface area contributed by atoms with E-state index in [0.717, 1.165) is 6.07 Å². The summed E-state index contributed by atoms with van der Waals surface area (Å²) in [6.45, 7) is 0.306. The zero-order valence-electron chi connectivity index (χ0n) is 12.0. The molecule has 120 valence electrons. The normalized spacial score (nSPS) is 12.1. The van der Waals surface area contributed by atoms with Gasteiger partial charge in [-0.15, -0.1) is 0 Å². The third-order valence-corrected chi connectivity index (χ3v) is 3.43. The molecule has 0 atom stereocenters. The van der Waals surface area contributed by atoms with Crippen LogP contribution in [0, 0.1) is 5.82 Å². The minimum atomic E-state index is -0.442. The molecule has 0 radical (unpaired) electrons. The number of nitrogens with one attached hydrogen (secondary N) is 1. The Hall–Kier alpha value is -2.47. The molecule has 0 fully saturated rings. The lowest BCUT2D eigenvalue weighted by molar-refractivity contribution is -0.116. The van der Waals surface area contributed by atoms with Gasteiger partial charge in [0.2, 0.25) is 12.7 Å². The van der Waals surface area contributed by atoms with E-state index in [0.29, 0.717) is 22.9 Å². The second-order valence-corrected chi connectivity index (χ2v) is 5.20. The average molecular weight is 338 g/mol. The minimum Gasteiger partial charge on any atom is -0.491 e. The van der Waals surface area contributed by atoms with Crippen LogP contribution >= 0.6 is 11.6 Å². The number of carbonyl (C=O) groups is 1. The summed E-state index contributed by atoms with van der Waals surface area (Å²) in [5.74, 6) is 0.920. The zero-order chi connectivity index (χ0) is 16.2. The van der Waals surface area contributed by atoms with E-state index in [1.54, 1.807) is 18.2 Å². The van der Waals surface area contributed by atoms with Crippen molar-refractivity contribution in [2.75, 3.05) is 18.7 Å². The van der Waals surface area contributed by atoms with E-state index in [1.807, 2.05) is 0 Å². The molecule has 2 aromatic carbocycles. The molecule has 0 saturated carbocycles. The molecule has 1 aliphatic rings. The Balaban J connectivity index is 1.50. The van der Waals surface area contributed by atoms with Crippen LogP contribution in [0.25, 0.3) is 0 Å². The van der Waals surface area contributed by atoms with Gasteiger partial charge in [-0.05, 0) is 30.3 Å². The fourth-order valence-electron chi connectivity index (χ4n) is 2.04. The van der Waals surface area contributed by atoms with Crippen LogP contribution in [0.4, 0.5) is 10.1 Å². The Labute approximate surface area is 136 Å². The fraction of sp³-hybridized carbons (Fsp3) is 0.188. The first-order valence-electron chi connectivity index (χ1n) is 6.89. The molecular weight excluding hydrogens is 325 g/mol. The summed E-state index contributed by atoms with van der Waals surface area (Å²) < 4.78 is 28.7. The predicted octanol–water partition coefficient (Wildman–Crippen LogP) is 3.62. The SMILES string of the molecule is O=C(CCOc1ccc(F)cc1Cl)Nc1ccc2c(c1)OCO2. The summed E-state index contributed by atoms with van der Waals surface area (Å²) in [6, 6.07) is 8.97. The Morgan fingerprint density at radius 2 is 2.04 bits per heavy atom. The third-order valence-electron chi connectivity index (χ3n) is 3.14. The number of benzene rings is 2. The number of anilines is 1. The summed E-state index contributed by atoms with van der Waals surface area (Å²) in [6.07, 6.45) is 0.127. The second kappa shape index (κ2) is 6.75. The zero-order valence-corrected chi connectivity index (χ0v) is 12.7. The predicted molar refractivity (Wildman–Crippen MR) is 82.7 cm³/mol. The summed E-state index contributed by atoms with van der Waals surface area (Å²) >= 11 is 5.84. The van der Waals surface area contributed by atoms with E-state index in [-0.39, 0.29) is 30.8 Å². The molecule has 1 amide bonds. The first-order chi connectivity index (χ1) is 11.1. The molecular formula is C16H13ClFNO4. The van der Waals surface area contributed by atoms with Gasteiger partial charge in [0.15, 0.2) is 11.5 Å². The van der Waals surface area contributed by atoms with Gasteiger partial charge in [0.25, 0.3) is 0 Å². The number of hydrogen-bond acceptors (Lipinski definition) is 4. The highest BCUT2D eigenvalue weighted by Gasteiger charge is 2.14. The molecule has 7 heteroatoms. The maximum absolute atomic E-state index is 12.9. The number of amides is 1. The summed E-state index contributed by atoms with van der Waals surface area (Å²) in [5, 5.41) is 2.90. The Bertz CT molecular complexity index is 738. The van der Waals surface area contributed by atoms with Gasteiger partial charge in [0, 0.05) is 11.8 Å². The molecule has 0 saturated heterocycles. The third kappa shape index (κ3) is 3.84. The minimum absolute atomic E-state index is 0.127. The van der Waals surface area contributed by atoms with Gasteiger partial charge in [0.1, 0.15) is 11.6 Å². The number of halogens is 2. The number of rotatable bonds is 5. The maximum atomic E-state index is 12.9. The Morgan fingerprint density at radius 1 is 1.22 bits per heavy atom. The van der Waals surface area contributed by atoms with Crippen molar-refractivity contribution in [1.29, 1.82) is 0 Å². The van der Waals surface area contributed by atoms with Gasteiger partial charge in [-0.3, -0.25) is 4.79 Å². The van der Waals surface area contributed by atoms with Crippen molar-refractivity contribution in [1.82, 2.24) is 0 Å². The number of hydrogen-bond donors (Lipinski definition) is 1. The largest absolute Gasteiger partial charge is 0.491 e. The topological polar surface area (TPSA) is 56.8 Å². The molecule has 2 aromatic rings. The highest BCUT2D eigenvalue weighted by molar-refractivity contribution is 6.32. The lowest BCUT2D eigenvalue weighted by Gasteiger charge is -2.09. The molecule has 1 aliphatic heterocycles. The molecule has 1 heterocycles. The number of carbonyl (C=O) groups excluding carboxylic acids is 1. The molecule has 0 unspecified atom stereocenters. The monoisotopic (exact) mass is 337 g/mol. The van der Waals surface area contributed by atoms with Crippen molar-refractivity contribution in [2.24, 2.45) is 0 Å². The quantitative estimate of drug-likeness (QED) is 0.905. The molecule has 0 aromatic heterocycles.